The van der Waals surface area contributed by atoms with Crippen LogP contribution < -0.4 is 4.90 Å². The molecule has 0 N–H and O–H groups in total. The van der Waals surface area contributed by atoms with Gasteiger partial charge in [0.2, 0.25) is 0 Å². The molecule has 4 heterocycles. The third kappa shape index (κ3) is 5.68. The molecule has 0 saturated carbocycles. The average Bonchev–Trinajstić information content (AvgIpc) is 3.29. The summed E-state index contributed by atoms with van der Waals surface area (Å²) < 4.78 is 27.0. The van der Waals surface area contributed by atoms with Crippen LogP contribution in [0.5, 0.6) is 0 Å². The Labute approximate surface area is 231 Å². The van der Waals surface area contributed by atoms with E-state index in [0.717, 1.165) is 16.6 Å². The van der Waals surface area contributed by atoms with Crippen LogP contribution in [-0.2, 0) is 20.9 Å². The number of benzene rings is 1. The number of pyridine rings is 1. The highest BCUT2D eigenvalue weighted by Gasteiger charge is 2.35. The van der Waals surface area contributed by atoms with E-state index in [1.54, 1.807) is 23.0 Å². The van der Waals surface area contributed by atoms with Gasteiger partial charge < -0.3 is 18.8 Å². The van der Waals surface area contributed by atoms with Gasteiger partial charge in [0.15, 0.2) is 17.3 Å². The summed E-state index contributed by atoms with van der Waals surface area (Å²) in [5, 5.41) is 0.851. The van der Waals surface area contributed by atoms with Crippen LogP contribution in [-0.4, -0.2) is 67.1 Å². The molecule has 40 heavy (non-hydrogen) atoms. The van der Waals surface area contributed by atoms with E-state index in [0.29, 0.717) is 30.2 Å². The predicted molar refractivity (Wildman–Crippen MR) is 148 cm³/mol. The van der Waals surface area contributed by atoms with E-state index in [1.165, 1.54) is 13.0 Å². The normalized spacial score (nSPS) is 17.9. The van der Waals surface area contributed by atoms with Crippen LogP contribution in [0.15, 0.2) is 42.9 Å². The van der Waals surface area contributed by atoms with Crippen LogP contribution in [0.4, 0.5) is 14.9 Å². The molecular formula is C29H33FN6O4. The molecule has 1 aliphatic heterocycles. The van der Waals surface area contributed by atoms with Crippen molar-refractivity contribution in [2.75, 3.05) is 18.0 Å². The minimum absolute atomic E-state index is 0.0320. The first kappa shape index (κ1) is 27.3. The fraction of sp³-hybridized carbons (Fsp3) is 0.414. The summed E-state index contributed by atoms with van der Waals surface area (Å²) in [7, 11) is 0. The molecule has 0 radical (unpaired) electrons. The third-order valence-corrected chi connectivity index (χ3v) is 6.69. The molecule has 4 aromatic rings. The molecule has 11 heteroatoms. The van der Waals surface area contributed by atoms with Crippen molar-refractivity contribution < 1.29 is 23.5 Å². The van der Waals surface area contributed by atoms with Crippen molar-refractivity contribution in [3.05, 3.63) is 54.4 Å². The summed E-state index contributed by atoms with van der Waals surface area (Å²) in [6.07, 6.45) is 4.75. The number of imidazole rings is 1. The van der Waals surface area contributed by atoms with Crippen LogP contribution in [0.2, 0.25) is 0 Å². The van der Waals surface area contributed by atoms with E-state index in [4.69, 9.17) is 9.47 Å². The maximum Gasteiger partial charge on any atom is 0.410 e. The predicted octanol–water partition coefficient (Wildman–Crippen LogP) is 4.98. The van der Waals surface area contributed by atoms with Gasteiger partial charge >= 0.3 is 12.1 Å². The number of hydrogen-bond acceptors (Lipinski definition) is 8. The molecule has 0 bridgehead atoms. The summed E-state index contributed by atoms with van der Waals surface area (Å²) in [6, 6.07) is 7.24. The number of fused-ring (bicyclic) bond motifs is 2. The molecule has 0 unspecified atom stereocenters. The van der Waals surface area contributed by atoms with E-state index in [-0.39, 0.29) is 30.4 Å². The summed E-state index contributed by atoms with van der Waals surface area (Å²) in [5.74, 6) is -0.582. The Morgan fingerprint density at radius 2 is 1.80 bits per heavy atom. The highest BCUT2D eigenvalue weighted by Crippen LogP contribution is 2.28. The molecule has 1 aromatic carbocycles. The number of esters is 1. The SMILES string of the molecule is CC(=O)OCc1cn2cc(-c3ncc4cc(N5C[C@@H](C)N(C(=O)OC(C)(C)C)[C@@H](C)C5)ccc4n3)cc(F)c2n1. The molecule has 210 valence electrons. The first-order valence-corrected chi connectivity index (χ1v) is 13.2. The molecular weight excluding hydrogens is 515 g/mol. The first-order chi connectivity index (χ1) is 18.9. The Morgan fingerprint density at radius 1 is 1.07 bits per heavy atom. The summed E-state index contributed by atoms with van der Waals surface area (Å²) in [5.41, 5.74) is 2.25. The van der Waals surface area contributed by atoms with E-state index in [2.05, 4.69) is 19.9 Å². The lowest BCUT2D eigenvalue weighted by Crippen LogP contribution is -2.59. The van der Waals surface area contributed by atoms with Gasteiger partial charge in [0.05, 0.1) is 23.3 Å². The lowest BCUT2D eigenvalue weighted by atomic mass is 10.1. The number of amides is 1. The van der Waals surface area contributed by atoms with E-state index in [1.807, 2.05) is 57.7 Å². The van der Waals surface area contributed by atoms with Gasteiger partial charge in [-0.15, -0.1) is 0 Å². The van der Waals surface area contributed by atoms with E-state index in [9.17, 15) is 14.0 Å². The van der Waals surface area contributed by atoms with Crippen molar-refractivity contribution in [3.63, 3.8) is 0 Å². The Hall–Kier alpha value is -4.28. The summed E-state index contributed by atoms with van der Waals surface area (Å²) in [6.45, 7) is 12.3. The van der Waals surface area contributed by atoms with Gasteiger partial charge in [0.25, 0.3) is 0 Å². The highest BCUT2D eigenvalue weighted by molar-refractivity contribution is 5.83. The topological polar surface area (TPSA) is 102 Å². The Morgan fingerprint density at radius 3 is 2.48 bits per heavy atom. The molecule has 1 fully saturated rings. The maximum absolute atomic E-state index is 14.9. The molecule has 1 saturated heterocycles. The standard InChI is InChI=1S/C29H33FN6O4/c1-17-12-34(13-18(2)36(17)28(38)40-29(4,5)6)23-7-8-25-20(9-23)11-31-26(33-25)21-10-24(30)27-32-22(15-35(27)14-21)16-39-19(3)37/h7-11,14-15,17-18H,12-13,16H2,1-6H3/t17-,18+. The van der Waals surface area contributed by atoms with Crippen LogP contribution >= 0.6 is 0 Å². The van der Waals surface area contributed by atoms with Gasteiger partial charge in [0, 0.05) is 55.2 Å². The fourth-order valence-electron chi connectivity index (χ4n) is 5.04. The van der Waals surface area contributed by atoms with Gasteiger partial charge in [-0.3, -0.25) is 9.69 Å². The Kier molecular flexibility index (Phi) is 7.07. The smallest absolute Gasteiger partial charge is 0.410 e. The van der Waals surface area contributed by atoms with Crippen molar-refractivity contribution in [2.24, 2.45) is 0 Å². The molecule has 0 spiro atoms. The number of carbonyl (C=O) groups excluding carboxylic acids is 2. The van der Waals surface area contributed by atoms with Gasteiger partial charge in [-0.25, -0.2) is 24.1 Å². The zero-order valence-electron chi connectivity index (χ0n) is 23.5. The zero-order chi connectivity index (χ0) is 28.8. The number of ether oxygens (including phenoxy) is 2. The average molecular weight is 549 g/mol. The number of aromatic nitrogens is 4. The van der Waals surface area contributed by atoms with Crippen LogP contribution in [0.25, 0.3) is 27.9 Å². The summed E-state index contributed by atoms with van der Waals surface area (Å²) >= 11 is 0. The second kappa shape index (κ2) is 10.4. The highest BCUT2D eigenvalue weighted by atomic mass is 19.1. The van der Waals surface area contributed by atoms with Crippen molar-refractivity contribution in [1.82, 2.24) is 24.3 Å². The lowest BCUT2D eigenvalue weighted by molar-refractivity contribution is -0.142. The first-order valence-electron chi connectivity index (χ1n) is 13.2. The minimum Gasteiger partial charge on any atom is -0.459 e. The van der Waals surface area contributed by atoms with Gasteiger partial charge in [-0.2, -0.15) is 0 Å². The number of rotatable bonds is 4. The van der Waals surface area contributed by atoms with Crippen molar-refractivity contribution in [3.8, 4) is 11.4 Å². The van der Waals surface area contributed by atoms with Crippen molar-refractivity contribution in [1.29, 1.82) is 0 Å². The lowest BCUT2D eigenvalue weighted by Gasteiger charge is -2.45. The van der Waals surface area contributed by atoms with Crippen molar-refractivity contribution in [2.45, 2.75) is 65.8 Å². The molecule has 5 rings (SSSR count). The zero-order valence-corrected chi connectivity index (χ0v) is 23.5. The second-order valence-corrected chi connectivity index (χ2v) is 11.2. The molecule has 10 nitrogen and oxygen atoms in total. The fourth-order valence-corrected chi connectivity index (χ4v) is 5.04. The van der Waals surface area contributed by atoms with Crippen LogP contribution in [0.3, 0.4) is 0 Å². The summed E-state index contributed by atoms with van der Waals surface area (Å²) in [4.78, 5) is 41.3. The van der Waals surface area contributed by atoms with Crippen LogP contribution in [0, 0.1) is 5.82 Å². The maximum atomic E-state index is 14.9. The number of hydrogen-bond donors (Lipinski definition) is 0. The minimum atomic E-state index is -0.546. The third-order valence-electron chi connectivity index (χ3n) is 6.69. The molecule has 1 amide bonds. The van der Waals surface area contributed by atoms with Gasteiger partial charge in [-0.1, -0.05) is 0 Å². The van der Waals surface area contributed by atoms with Crippen LogP contribution in [0.1, 0.15) is 47.2 Å². The number of piperazine rings is 1. The van der Waals surface area contributed by atoms with Crippen molar-refractivity contribution >= 4 is 34.3 Å². The van der Waals surface area contributed by atoms with Gasteiger partial charge in [-0.05, 0) is 58.9 Å². The number of anilines is 1. The quantitative estimate of drug-likeness (QED) is 0.329. The van der Waals surface area contributed by atoms with E-state index >= 15 is 0 Å². The molecule has 3 aromatic heterocycles. The Balaban J connectivity index is 1.36. The number of carbonyl (C=O) groups is 2. The van der Waals surface area contributed by atoms with E-state index < -0.39 is 17.4 Å². The monoisotopic (exact) mass is 548 g/mol. The number of nitrogens with zero attached hydrogens (tertiary/aromatic N) is 6. The molecule has 0 aliphatic carbocycles. The number of halogens is 1. The van der Waals surface area contributed by atoms with Gasteiger partial charge in [0.1, 0.15) is 12.2 Å². The second-order valence-electron chi connectivity index (χ2n) is 11.2. The molecule has 2 atom stereocenters. The molecule has 1 aliphatic rings. The largest absolute Gasteiger partial charge is 0.459 e. The Bertz CT molecular complexity index is 1580.